The van der Waals surface area contributed by atoms with Crippen molar-refractivity contribution in [3.8, 4) is 0 Å². The van der Waals surface area contributed by atoms with Gasteiger partial charge >= 0.3 is 0 Å². The predicted octanol–water partition coefficient (Wildman–Crippen LogP) is 3.51. The van der Waals surface area contributed by atoms with Crippen LogP contribution in [0.4, 0.5) is 0 Å². The maximum Gasteiger partial charge on any atom is 0.262 e. The summed E-state index contributed by atoms with van der Waals surface area (Å²) in [5.74, 6) is 0.724. The van der Waals surface area contributed by atoms with E-state index in [9.17, 15) is 9.59 Å². The third kappa shape index (κ3) is 4.18. The number of thioether (sulfide) groups is 1. The zero-order valence-corrected chi connectivity index (χ0v) is 16.5. The van der Waals surface area contributed by atoms with Crippen LogP contribution in [0, 0.1) is 0 Å². The average molecular weight is 412 g/mol. The van der Waals surface area contributed by atoms with Gasteiger partial charge in [-0.15, -0.1) is 11.3 Å². The van der Waals surface area contributed by atoms with E-state index >= 15 is 0 Å². The molecule has 4 rings (SSSR count). The molecule has 3 aromatic heterocycles. The minimum Gasteiger partial charge on any atom is -0.467 e. The molecule has 0 aliphatic heterocycles. The van der Waals surface area contributed by atoms with Crippen molar-refractivity contribution in [3.05, 3.63) is 81.2 Å². The van der Waals surface area contributed by atoms with Gasteiger partial charge < -0.3 is 9.73 Å². The number of aromatic nitrogens is 2. The number of thiophene rings is 1. The van der Waals surface area contributed by atoms with Crippen LogP contribution in [0.2, 0.25) is 0 Å². The van der Waals surface area contributed by atoms with Crippen molar-refractivity contribution in [1.29, 1.82) is 0 Å². The SMILES string of the molecule is O=C(CSc1nc2ccccc2c(=O)n1Cc1ccco1)NCc1cccs1. The molecule has 0 bridgehead atoms. The summed E-state index contributed by atoms with van der Waals surface area (Å²) in [5.41, 5.74) is 0.466. The van der Waals surface area contributed by atoms with Crippen LogP contribution >= 0.6 is 23.1 Å². The lowest BCUT2D eigenvalue weighted by molar-refractivity contribution is -0.118. The smallest absolute Gasteiger partial charge is 0.262 e. The van der Waals surface area contributed by atoms with E-state index in [2.05, 4.69) is 10.3 Å². The Labute approximate surface area is 169 Å². The van der Waals surface area contributed by atoms with Crippen molar-refractivity contribution in [2.75, 3.05) is 5.75 Å². The zero-order chi connectivity index (χ0) is 19.3. The highest BCUT2D eigenvalue weighted by atomic mass is 32.2. The Morgan fingerprint density at radius 3 is 2.86 bits per heavy atom. The normalized spacial score (nSPS) is 11.0. The Bertz CT molecular complexity index is 1140. The first kappa shape index (κ1) is 18.5. The summed E-state index contributed by atoms with van der Waals surface area (Å²) in [6.45, 7) is 0.768. The zero-order valence-electron chi connectivity index (χ0n) is 14.8. The molecule has 0 aliphatic rings. The lowest BCUT2D eigenvalue weighted by atomic mass is 10.2. The molecule has 142 valence electrons. The molecule has 0 fully saturated rings. The third-order valence-corrected chi connectivity index (χ3v) is 5.95. The quantitative estimate of drug-likeness (QED) is 0.372. The van der Waals surface area contributed by atoms with Gasteiger partial charge in [-0.3, -0.25) is 14.2 Å². The molecule has 0 saturated heterocycles. The van der Waals surface area contributed by atoms with E-state index in [1.54, 1.807) is 40.4 Å². The van der Waals surface area contributed by atoms with Crippen LogP contribution in [0.5, 0.6) is 0 Å². The minimum absolute atomic E-state index is 0.106. The van der Waals surface area contributed by atoms with Crippen LogP contribution in [0.15, 0.2) is 74.5 Å². The van der Waals surface area contributed by atoms with Gasteiger partial charge in [0.05, 0.1) is 36.0 Å². The molecular formula is C20H17N3O3S2. The van der Waals surface area contributed by atoms with Gasteiger partial charge in [0.1, 0.15) is 5.76 Å². The van der Waals surface area contributed by atoms with E-state index in [1.165, 1.54) is 11.8 Å². The third-order valence-electron chi connectivity index (χ3n) is 4.09. The Morgan fingerprint density at radius 1 is 1.18 bits per heavy atom. The van der Waals surface area contributed by atoms with Crippen molar-refractivity contribution in [2.45, 2.75) is 18.2 Å². The summed E-state index contributed by atoms with van der Waals surface area (Å²) < 4.78 is 6.94. The lowest BCUT2D eigenvalue weighted by Crippen LogP contribution is -2.26. The highest BCUT2D eigenvalue weighted by Crippen LogP contribution is 2.19. The fourth-order valence-corrected chi connectivity index (χ4v) is 4.21. The maximum atomic E-state index is 13.0. The molecule has 4 aromatic rings. The molecule has 0 saturated carbocycles. The van der Waals surface area contributed by atoms with Crippen molar-refractivity contribution in [1.82, 2.24) is 14.9 Å². The average Bonchev–Trinajstić information content (AvgIpc) is 3.41. The predicted molar refractivity (Wildman–Crippen MR) is 111 cm³/mol. The summed E-state index contributed by atoms with van der Waals surface area (Å²) in [4.78, 5) is 30.9. The lowest BCUT2D eigenvalue weighted by Gasteiger charge is -2.12. The second-order valence-corrected chi connectivity index (χ2v) is 8.00. The topological polar surface area (TPSA) is 77.1 Å². The first-order valence-electron chi connectivity index (χ1n) is 8.64. The number of hydrogen-bond acceptors (Lipinski definition) is 6. The van der Waals surface area contributed by atoms with Gasteiger partial charge in [0.2, 0.25) is 5.91 Å². The Kier molecular flexibility index (Phi) is 5.59. The van der Waals surface area contributed by atoms with Gasteiger partial charge in [0.25, 0.3) is 5.56 Å². The first-order valence-corrected chi connectivity index (χ1v) is 10.5. The summed E-state index contributed by atoms with van der Waals surface area (Å²) >= 11 is 2.84. The molecule has 8 heteroatoms. The van der Waals surface area contributed by atoms with Gasteiger partial charge in [-0.25, -0.2) is 4.98 Å². The number of para-hydroxylation sites is 1. The molecule has 0 unspecified atom stereocenters. The number of rotatable bonds is 7. The van der Waals surface area contributed by atoms with Gasteiger partial charge in [0.15, 0.2) is 5.16 Å². The van der Waals surface area contributed by atoms with E-state index in [-0.39, 0.29) is 23.8 Å². The van der Waals surface area contributed by atoms with Crippen LogP contribution in [0.1, 0.15) is 10.6 Å². The number of amides is 1. The van der Waals surface area contributed by atoms with Crippen molar-refractivity contribution in [2.24, 2.45) is 0 Å². The summed E-state index contributed by atoms with van der Waals surface area (Å²) in [7, 11) is 0. The van der Waals surface area contributed by atoms with Crippen molar-refractivity contribution < 1.29 is 9.21 Å². The molecule has 0 radical (unpaired) electrons. The number of benzene rings is 1. The van der Waals surface area contributed by atoms with Gasteiger partial charge in [-0.05, 0) is 35.7 Å². The molecule has 28 heavy (non-hydrogen) atoms. The fourth-order valence-electron chi connectivity index (χ4n) is 2.74. The second kappa shape index (κ2) is 8.45. The van der Waals surface area contributed by atoms with E-state index in [0.717, 1.165) is 4.88 Å². The number of hydrogen-bond donors (Lipinski definition) is 1. The maximum absolute atomic E-state index is 13.0. The van der Waals surface area contributed by atoms with Crippen LogP contribution in [-0.2, 0) is 17.9 Å². The highest BCUT2D eigenvalue weighted by Gasteiger charge is 2.14. The molecule has 1 N–H and O–H groups in total. The minimum atomic E-state index is -0.150. The van der Waals surface area contributed by atoms with Crippen LogP contribution in [-0.4, -0.2) is 21.2 Å². The number of carbonyl (C=O) groups excluding carboxylic acids is 1. The molecule has 0 aliphatic carbocycles. The Hall–Kier alpha value is -2.84. The largest absolute Gasteiger partial charge is 0.467 e. The molecule has 1 amide bonds. The van der Waals surface area contributed by atoms with Gasteiger partial charge in [0, 0.05) is 4.88 Å². The van der Waals surface area contributed by atoms with Crippen molar-refractivity contribution >= 4 is 39.9 Å². The molecule has 0 spiro atoms. The molecule has 0 atom stereocenters. The first-order chi connectivity index (χ1) is 13.7. The fraction of sp³-hybridized carbons (Fsp3) is 0.150. The molecule has 3 heterocycles. The summed E-state index contributed by atoms with van der Waals surface area (Å²) in [6, 6.07) is 14.7. The van der Waals surface area contributed by atoms with Gasteiger partial charge in [-0.2, -0.15) is 0 Å². The number of nitrogens with zero attached hydrogens (tertiary/aromatic N) is 2. The number of furan rings is 1. The standard InChI is InChI=1S/C20H17N3O3S2/c24-18(21-11-15-6-4-10-27-15)13-28-20-22-17-8-2-1-7-16(17)19(25)23(20)12-14-5-3-9-26-14/h1-10H,11-13H2,(H,21,24). The van der Waals surface area contributed by atoms with Crippen LogP contribution in [0.3, 0.4) is 0 Å². The Morgan fingerprint density at radius 2 is 2.07 bits per heavy atom. The number of nitrogens with one attached hydrogen (secondary N) is 1. The van der Waals surface area contributed by atoms with E-state index < -0.39 is 0 Å². The number of fused-ring (bicyclic) bond motifs is 1. The van der Waals surface area contributed by atoms with E-state index in [4.69, 9.17) is 4.42 Å². The van der Waals surface area contributed by atoms with E-state index in [1.807, 2.05) is 35.7 Å². The Balaban J connectivity index is 1.56. The molecule has 1 aromatic carbocycles. The number of carbonyl (C=O) groups is 1. The second-order valence-electron chi connectivity index (χ2n) is 6.03. The monoisotopic (exact) mass is 411 g/mol. The summed E-state index contributed by atoms with van der Waals surface area (Å²) in [6.07, 6.45) is 1.57. The van der Waals surface area contributed by atoms with E-state index in [0.29, 0.717) is 28.4 Å². The van der Waals surface area contributed by atoms with Crippen molar-refractivity contribution in [3.63, 3.8) is 0 Å². The molecular weight excluding hydrogens is 394 g/mol. The van der Waals surface area contributed by atoms with Gasteiger partial charge in [-0.1, -0.05) is 30.0 Å². The van der Waals surface area contributed by atoms with Crippen LogP contribution < -0.4 is 10.9 Å². The molecule has 6 nitrogen and oxygen atoms in total. The summed E-state index contributed by atoms with van der Waals surface area (Å²) in [5, 5.41) is 5.90. The highest BCUT2D eigenvalue weighted by molar-refractivity contribution is 7.99. The van der Waals surface area contributed by atoms with Crippen LogP contribution in [0.25, 0.3) is 10.9 Å².